The highest BCUT2D eigenvalue weighted by molar-refractivity contribution is 5.83. The van der Waals surface area contributed by atoms with Crippen LogP contribution >= 0.6 is 0 Å². The summed E-state index contributed by atoms with van der Waals surface area (Å²) in [6.07, 6.45) is 0.461. The fraction of sp³-hybridized carbons (Fsp3) is 0.130. The number of phenolic OH excluding ortho intramolecular Hbond substituents is 1. The zero-order valence-corrected chi connectivity index (χ0v) is 17.8. The van der Waals surface area contributed by atoms with Crippen molar-refractivity contribution in [2.24, 2.45) is 15.3 Å². The molecule has 0 unspecified atom stereocenters. The van der Waals surface area contributed by atoms with Crippen molar-refractivity contribution >= 4 is 34.2 Å². The van der Waals surface area contributed by atoms with Crippen LogP contribution < -0.4 is 5.43 Å². The van der Waals surface area contributed by atoms with Gasteiger partial charge in [0.25, 0.3) is 11.6 Å². The molecule has 4 aromatic rings. The molecule has 166 valence electrons. The number of fused-ring (bicyclic) bond motifs is 1. The number of hydrogen-bond acceptors (Lipinski definition) is 7. The lowest BCUT2D eigenvalue weighted by atomic mass is 10.2. The molecule has 3 aromatic carbocycles. The number of phenols is 1. The van der Waals surface area contributed by atoms with Gasteiger partial charge >= 0.3 is 0 Å². The molecule has 0 radical (unpaired) electrons. The van der Waals surface area contributed by atoms with E-state index in [0.717, 1.165) is 22.7 Å². The molecular weight excluding hydrogens is 422 g/mol. The second-order valence-electron chi connectivity index (χ2n) is 7.12. The maximum Gasteiger partial charge on any atom is 0.273 e. The van der Waals surface area contributed by atoms with Crippen LogP contribution in [-0.2, 0) is 6.54 Å². The fourth-order valence-corrected chi connectivity index (χ4v) is 3.19. The van der Waals surface area contributed by atoms with Crippen molar-refractivity contribution in [1.82, 2.24) is 9.55 Å². The molecule has 0 saturated carbocycles. The van der Waals surface area contributed by atoms with Crippen LogP contribution in [0.4, 0.5) is 17.3 Å². The first-order valence-corrected chi connectivity index (χ1v) is 10.3. The summed E-state index contributed by atoms with van der Waals surface area (Å²) in [5.74, 6) is 0.524. The minimum atomic E-state index is -0.583. The quantitative estimate of drug-likeness (QED) is 0.0956. The van der Waals surface area contributed by atoms with Crippen molar-refractivity contribution in [2.75, 3.05) is 5.43 Å². The van der Waals surface area contributed by atoms with Gasteiger partial charge in [-0.25, -0.2) is 4.98 Å². The first-order valence-electron chi connectivity index (χ1n) is 10.3. The maximum atomic E-state index is 10.8. The van der Waals surface area contributed by atoms with Crippen molar-refractivity contribution in [3.63, 3.8) is 0 Å². The Morgan fingerprint density at radius 2 is 1.88 bits per heavy atom. The van der Waals surface area contributed by atoms with E-state index in [-0.39, 0.29) is 17.1 Å². The summed E-state index contributed by atoms with van der Waals surface area (Å²) in [6.45, 7) is 2.45. The number of rotatable bonds is 7. The molecule has 0 saturated heterocycles. The molecule has 0 aliphatic heterocycles. The van der Waals surface area contributed by atoms with E-state index in [2.05, 4.69) is 25.7 Å². The number of benzene rings is 3. The van der Waals surface area contributed by atoms with Crippen LogP contribution in [0.1, 0.15) is 18.9 Å². The molecule has 0 atom stereocenters. The Hall–Kier alpha value is -4.60. The molecule has 4 rings (SSSR count). The number of hydrazone groups is 1. The SMILES string of the molecule is CCC(N=Nc1nc2ccccc2n1Cc1ccccc1)=NNc1ccc([N+](=O)[O-])cc1O. The van der Waals surface area contributed by atoms with Gasteiger partial charge in [-0.15, -0.1) is 10.2 Å². The molecular formula is C23H21N7O3. The Bertz CT molecular complexity index is 1350. The second kappa shape index (κ2) is 9.69. The number of nitro benzene ring substituents is 1. The first-order chi connectivity index (χ1) is 16.0. The Balaban J connectivity index is 1.60. The van der Waals surface area contributed by atoms with Gasteiger partial charge in [0.05, 0.1) is 34.3 Å². The van der Waals surface area contributed by atoms with E-state index in [0.29, 0.717) is 24.7 Å². The molecule has 10 heteroatoms. The normalized spacial score (nSPS) is 11.8. The summed E-state index contributed by atoms with van der Waals surface area (Å²) >= 11 is 0. The van der Waals surface area contributed by atoms with Crippen LogP contribution in [0.2, 0.25) is 0 Å². The number of hydrogen-bond donors (Lipinski definition) is 2. The molecule has 0 bridgehead atoms. The third-order valence-corrected chi connectivity index (χ3v) is 4.89. The highest BCUT2D eigenvalue weighted by Gasteiger charge is 2.12. The molecule has 1 heterocycles. The van der Waals surface area contributed by atoms with Crippen molar-refractivity contribution < 1.29 is 10.0 Å². The predicted molar refractivity (Wildman–Crippen MR) is 126 cm³/mol. The number of azo groups is 1. The number of aromatic hydroxyl groups is 1. The van der Waals surface area contributed by atoms with Crippen LogP contribution in [-0.4, -0.2) is 25.4 Å². The van der Waals surface area contributed by atoms with Gasteiger partial charge in [-0.1, -0.05) is 49.4 Å². The number of aromatic nitrogens is 2. The van der Waals surface area contributed by atoms with Crippen molar-refractivity contribution in [1.29, 1.82) is 0 Å². The van der Waals surface area contributed by atoms with Gasteiger partial charge in [-0.3, -0.25) is 15.5 Å². The second-order valence-corrected chi connectivity index (χ2v) is 7.12. The predicted octanol–water partition coefficient (Wildman–Crippen LogP) is 5.62. The molecule has 10 nitrogen and oxygen atoms in total. The summed E-state index contributed by atoms with van der Waals surface area (Å²) in [5, 5.41) is 33.5. The number of nitro groups is 1. The van der Waals surface area contributed by atoms with E-state index >= 15 is 0 Å². The van der Waals surface area contributed by atoms with Gasteiger partial charge in [-0.05, 0) is 23.8 Å². The van der Waals surface area contributed by atoms with Gasteiger partial charge in [0.1, 0.15) is 5.75 Å². The number of nitrogens with zero attached hydrogens (tertiary/aromatic N) is 6. The van der Waals surface area contributed by atoms with Gasteiger partial charge < -0.3 is 9.67 Å². The summed E-state index contributed by atoms with van der Waals surface area (Å²) in [5.41, 5.74) is 5.55. The topological polar surface area (TPSA) is 130 Å². The van der Waals surface area contributed by atoms with Gasteiger partial charge in [0.2, 0.25) is 0 Å². The largest absolute Gasteiger partial charge is 0.505 e. The third-order valence-electron chi connectivity index (χ3n) is 4.89. The number of non-ortho nitro benzene ring substituents is 1. The monoisotopic (exact) mass is 443 g/mol. The van der Waals surface area contributed by atoms with E-state index in [1.54, 1.807) is 0 Å². The molecule has 2 N–H and O–H groups in total. The minimum absolute atomic E-state index is 0.213. The van der Waals surface area contributed by atoms with Crippen LogP contribution in [0.15, 0.2) is 88.1 Å². The number of amidine groups is 1. The average molecular weight is 443 g/mol. The lowest BCUT2D eigenvalue weighted by molar-refractivity contribution is -0.384. The summed E-state index contributed by atoms with van der Waals surface area (Å²) in [7, 11) is 0. The number of anilines is 1. The number of nitrogens with one attached hydrogen (secondary N) is 1. The van der Waals surface area contributed by atoms with Crippen molar-refractivity contribution in [2.45, 2.75) is 19.9 Å². The van der Waals surface area contributed by atoms with Gasteiger partial charge in [0, 0.05) is 12.5 Å². The number of para-hydroxylation sites is 2. The Kier molecular flexibility index (Phi) is 6.35. The van der Waals surface area contributed by atoms with E-state index in [4.69, 9.17) is 0 Å². The number of imidazole rings is 1. The van der Waals surface area contributed by atoms with Crippen molar-refractivity contribution in [3.8, 4) is 5.75 Å². The van der Waals surface area contributed by atoms with Crippen LogP contribution in [0.5, 0.6) is 5.75 Å². The zero-order valence-electron chi connectivity index (χ0n) is 17.8. The van der Waals surface area contributed by atoms with Crippen LogP contribution in [0.25, 0.3) is 11.0 Å². The molecule has 0 aliphatic carbocycles. The summed E-state index contributed by atoms with van der Waals surface area (Å²) < 4.78 is 1.98. The van der Waals surface area contributed by atoms with Crippen LogP contribution in [0, 0.1) is 10.1 Å². The highest BCUT2D eigenvalue weighted by Crippen LogP contribution is 2.28. The lowest BCUT2D eigenvalue weighted by Crippen LogP contribution is -2.00. The maximum absolute atomic E-state index is 10.8. The van der Waals surface area contributed by atoms with E-state index in [9.17, 15) is 15.2 Å². The lowest BCUT2D eigenvalue weighted by Gasteiger charge is -2.06. The smallest absolute Gasteiger partial charge is 0.273 e. The molecule has 0 amide bonds. The Morgan fingerprint density at radius 1 is 1.12 bits per heavy atom. The highest BCUT2D eigenvalue weighted by atomic mass is 16.6. The van der Waals surface area contributed by atoms with E-state index in [1.807, 2.05) is 66.1 Å². The van der Waals surface area contributed by atoms with Crippen LogP contribution in [0.3, 0.4) is 0 Å². The zero-order chi connectivity index (χ0) is 23.2. The molecule has 1 aromatic heterocycles. The van der Waals surface area contributed by atoms with Gasteiger partial charge in [-0.2, -0.15) is 5.10 Å². The van der Waals surface area contributed by atoms with E-state index < -0.39 is 4.92 Å². The van der Waals surface area contributed by atoms with E-state index in [1.165, 1.54) is 12.1 Å². The van der Waals surface area contributed by atoms with Crippen molar-refractivity contribution in [3.05, 3.63) is 88.5 Å². The minimum Gasteiger partial charge on any atom is -0.505 e. The summed E-state index contributed by atoms with van der Waals surface area (Å²) in [6, 6.07) is 21.5. The third kappa shape index (κ3) is 5.01. The average Bonchev–Trinajstić information content (AvgIpc) is 3.17. The molecule has 0 aliphatic rings. The first kappa shape index (κ1) is 21.6. The molecule has 33 heavy (non-hydrogen) atoms. The standard InChI is InChI=1S/C23H21N7O3/c1-2-22(26-25-19-13-12-17(30(32)33)14-21(19)31)27-28-23-24-18-10-6-7-11-20(18)29(23)15-16-8-4-3-5-9-16/h3-14,25,31H,2,15H2,1H3. The summed E-state index contributed by atoms with van der Waals surface area (Å²) in [4.78, 5) is 14.8. The Labute approximate surface area is 189 Å². The fourth-order valence-electron chi connectivity index (χ4n) is 3.19. The Morgan fingerprint density at radius 3 is 2.61 bits per heavy atom. The molecule has 0 fully saturated rings. The van der Waals surface area contributed by atoms with Gasteiger partial charge in [0.15, 0.2) is 5.84 Å². The molecule has 0 spiro atoms.